The van der Waals surface area contributed by atoms with Crippen molar-refractivity contribution in [1.82, 2.24) is 9.88 Å². The van der Waals surface area contributed by atoms with Gasteiger partial charge in [-0.1, -0.05) is 13.8 Å². The summed E-state index contributed by atoms with van der Waals surface area (Å²) in [7, 11) is 2.06. The Hall–Kier alpha value is -0.800. The SMILES string of the molecule is Cn1cccc1CNCC(C)(C)CCCO. The molecule has 0 saturated heterocycles. The van der Waals surface area contributed by atoms with Gasteiger partial charge in [-0.2, -0.15) is 0 Å². The lowest BCUT2D eigenvalue weighted by Crippen LogP contribution is -2.29. The number of nitrogens with zero attached hydrogens (tertiary/aromatic N) is 1. The fourth-order valence-corrected chi connectivity index (χ4v) is 1.86. The van der Waals surface area contributed by atoms with E-state index in [1.807, 2.05) is 0 Å². The first kappa shape index (κ1) is 13.3. The van der Waals surface area contributed by atoms with Gasteiger partial charge in [-0.25, -0.2) is 0 Å². The number of aliphatic hydroxyl groups excluding tert-OH is 1. The molecule has 0 radical (unpaired) electrons. The minimum absolute atomic E-state index is 0.258. The van der Waals surface area contributed by atoms with Crippen molar-refractivity contribution in [1.29, 1.82) is 0 Å². The van der Waals surface area contributed by atoms with Gasteiger partial charge in [0.1, 0.15) is 0 Å². The number of hydrogen-bond donors (Lipinski definition) is 2. The summed E-state index contributed by atoms with van der Waals surface area (Å²) >= 11 is 0. The van der Waals surface area contributed by atoms with Crippen LogP contribution in [0.25, 0.3) is 0 Å². The van der Waals surface area contributed by atoms with Crippen molar-refractivity contribution in [3.05, 3.63) is 24.0 Å². The molecule has 1 aromatic rings. The summed E-state index contributed by atoms with van der Waals surface area (Å²) in [6.45, 7) is 6.66. The summed E-state index contributed by atoms with van der Waals surface area (Å²) < 4.78 is 2.13. The van der Waals surface area contributed by atoms with Crippen LogP contribution in [-0.2, 0) is 13.6 Å². The molecule has 0 aliphatic rings. The zero-order valence-electron chi connectivity index (χ0n) is 10.7. The first-order valence-corrected chi connectivity index (χ1v) is 5.97. The molecule has 1 rings (SSSR count). The van der Waals surface area contributed by atoms with Crippen molar-refractivity contribution < 1.29 is 5.11 Å². The molecule has 0 amide bonds. The van der Waals surface area contributed by atoms with Crippen LogP contribution >= 0.6 is 0 Å². The summed E-state index contributed by atoms with van der Waals surface area (Å²) in [5.74, 6) is 0. The van der Waals surface area contributed by atoms with Crippen molar-refractivity contribution in [2.75, 3.05) is 13.2 Å². The molecule has 0 aliphatic carbocycles. The number of aromatic nitrogens is 1. The third-order valence-electron chi connectivity index (χ3n) is 2.97. The Labute approximate surface area is 98.5 Å². The third-order valence-corrected chi connectivity index (χ3v) is 2.97. The summed E-state index contributed by atoms with van der Waals surface area (Å²) in [5.41, 5.74) is 1.56. The predicted octanol–water partition coefficient (Wildman–Crippen LogP) is 1.91. The van der Waals surface area contributed by atoms with Crippen LogP contribution in [0.2, 0.25) is 0 Å². The molecule has 0 aliphatic heterocycles. The first-order chi connectivity index (χ1) is 7.55. The minimum Gasteiger partial charge on any atom is -0.396 e. The quantitative estimate of drug-likeness (QED) is 0.742. The summed E-state index contributed by atoms with van der Waals surface area (Å²) in [4.78, 5) is 0. The fraction of sp³-hybridized carbons (Fsp3) is 0.692. The average molecular weight is 224 g/mol. The Morgan fingerprint density at radius 1 is 1.44 bits per heavy atom. The molecule has 0 spiro atoms. The molecule has 0 fully saturated rings. The van der Waals surface area contributed by atoms with Crippen LogP contribution in [0.3, 0.4) is 0 Å². The number of hydrogen-bond acceptors (Lipinski definition) is 2. The van der Waals surface area contributed by atoms with Gasteiger partial charge < -0.3 is 15.0 Å². The number of nitrogens with one attached hydrogen (secondary N) is 1. The number of rotatable bonds is 7. The second-order valence-electron chi connectivity index (χ2n) is 5.21. The van der Waals surface area contributed by atoms with Gasteiger partial charge >= 0.3 is 0 Å². The highest BCUT2D eigenvalue weighted by molar-refractivity contribution is 5.05. The maximum Gasteiger partial charge on any atom is 0.0431 e. The molecule has 2 N–H and O–H groups in total. The van der Waals surface area contributed by atoms with Gasteiger partial charge in [-0.05, 0) is 30.4 Å². The molecular weight excluding hydrogens is 200 g/mol. The van der Waals surface area contributed by atoms with E-state index in [-0.39, 0.29) is 5.41 Å². The number of aryl methyl sites for hydroxylation is 1. The molecule has 16 heavy (non-hydrogen) atoms. The lowest BCUT2D eigenvalue weighted by atomic mass is 9.88. The summed E-state index contributed by atoms with van der Waals surface area (Å²) in [6, 6.07) is 4.20. The molecule has 92 valence electrons. The third kappa shape index (κ3) is 4.37. The van der Waals surface area contributed by atoms with Gasteiger partial charge in [0.15, 0.2) is 0 Å². The van der Waals surface area contributed by atoms with Crippen LogP contribution in [0.1, 0.15) is 32.4 Å². The molecule has 1 heterocycles. The minimum atomic E-state index is 0.258. The highest BCUT2D eigenvalue weighted by Gasteiger charge is 2.16. The topological polar surface area (TPSA) is 37.2 Å². The molecule has 0 aromatic carbocycles. The van der Waals surface area contributed by atoms with Crippen LogP contribution in [0.4, 0.5) is 0 Å². The van der Waals surface area contributed by atoms with Gasteiger partial charge in [0.25, 0.3) is 0 Å². The predicted molar refractivity (Wildman–Crippen MR) is 67.2 cm³/mol. The molecule has 0 unspecified atom stereocenters. The van der Waals surface area contributed by atoms with Gasteiger partial charge in [0.05, 0.1) is 0 Å². The summed E-state index contributed by atoms with van der Waals surface area (Å²) in [5, 5.41) is 12.3. The normalized spacial score (nSPS) is 12.0. The smallest absolute Gasteiger partial charge is 0.0431 e. The largest absolute Gasteiger partial charge is 0.396 e. The van der Waals surface area contributed by atoms with E-state index in [4.69, 9.17) is 5.11 Å². The van der Waals surface area contributed by atoms with Crippen molar-refractivity contribution in [3.8, 4) is 0 Å². The highest BCUT2D eigenvalue weighted by Crippen LogP contribution is 2.20. The van der Waals surface area contributed by atoms with Crippen molar-refractivity contribution >= 4 is 0 Å². The zero-order chi connectivity index (χ0) is 12.0. The molecule has 0 atom stereocenters. The van der Waals surface area contributed by atoms with Crippen LogP contribution < -0.4 is 5.32 Å². The van der Waals surface area contributed by atoms with E-state index in [1.165, 1.54) is 5.69 Å². The molecule has 0 saturated carbocycles. The Morgan fingerprint density at radius 2 is 2.19 bits per heavy atom. The Bertz CT molecular complexity index is 305. The van der Waals surface area contributed by atoms with E-state index in [2.05, 4.69) is 49.1 Å². The van der Waals surface area contributed by atoms with Crippen LogP contribution in [0, 0.1) is 5.41 Å². The van der Waals surface area contributed by atoms with E-state index < -0.39 is 0 Å². The maximum atomic E-state index is 8.82. The molecule has 3 nitrogen and oxygen atoms in total. The van der Waals surface area contributed by atoms with Crippen LogP contribution in [0.15, 0.2) is 18.3 Å². The average Bonchev–Trinajstić information content (AvgIpc) is 2.62. The number of aliphatic hydroxyl groups is 1. The highest BCUT2D eigenvalue weighted by atomic mass is 16.2. The monoisotopic (exact) mass is 224 g/mol. The second-order valence-corrected chi connectivity index (χ2v) is 5.21. The van der Waals surface area contributed by atoms with E-state index >= 15 is 0 Å². The van der Waals surface area contributed by atoms with Crippen molar-refractivity contribution in [3.63, 3.8) is 0 Å². The van der Waals surface area contributed by atoms with E-state index in [0.29, 0.717) is 6.61 Å². The van der Waals surface area contributed by atoms with Gasteiger partial charge in [-0.3, -0.25) is 0 Å². The van der Waals surface area contributed by atoms with E-state index in [1.54, 1.807) is 0 Å². The Morgan fingerprint density at radius 3 is 2.75 bits per heavy atom. The molecule has 3 heteroatoms. The molecule has 1 aromatic heterocycles. The van der Waals surface area contributed by atoms with E-state index in [9.17, 15) is 0 Å². The van der Waals surface area contributed by atoms with Crippen LogP contribution in [-0.4, -0.2) is 22.8 Å². The van der Waals surface area contributed by atoms with Crippen molar-refractivity contribution in [2.45, 2.75) is 33.2 Å². The molecule has 0 bridgehead atoms. The van der Waals surface area contributed by atoms with Gasteiger partial charge in [0, 0.05) is 38.6 Å². The zero-order valence-corrected chi connectivity index (χ0v) is 10.7. The van der Waals surface area contributed by atoms with Gasteiger partial charge in [-0.15, -0.1) is 0 Å². The van der Waals surface area contributed by atoms with Crippen LogP contribution in [0.5, 0.6) is 0 Å². The summed E-state index contributed by atoms with van der Waals surface area (Å²) in [6.07, 6.45) is 4.01. The molecular formula is C13H24N2O. The standard InChI is InChI=1S/C13H24N2O/c1-13(2,7-5-9-16)11-14-10-12-6-4-8-15(12)3/h4,6,8,14,16H,5,7,9-11H2,1-3H3. The first-order valence-electron chi connectivity index (χ1n) is 5.97. The lowest BCUT2D eigenvalue weighted by Gasteiger charge is -2.24. The fourth-order valence-electron chi connectivity index (χ4n) is 1.86. The Kier molecular flexibility index (Phi) is 5.03. The van der Waals surface area contributed by atoms with Gasteiger partial charge in [0.2, 0.25) is 0 Å². The van der Waals surface area contributed by atoms with E-state index in [0.717, 1.165) is 25.9 Å². The lowest BCUT2D eigenvalue weighted by molar-refractivity contribution is 0.236. The maximum absolute atomic E-state index is 8.82. The second kappa shape index (κ2) is 6.06. The Balaban J connectivity index is 2.27. The van der Waals surface area contributed by atoms with Crippen molar-refractivity contribution in [2.24, 2.45) is 12.5 Å².